The van der Waals surface area contributed by atoms with Crippen LogP contribution >= 0.6 is 0 Å². The second kappa shape index (κ2) is 7.99. The number of hydrogen-bond donors (Lipinski definition) is 0. The summed E-state index contributed by atoms with van der Waals surface area (Å²) in [5.41, 5.74) is 3.57. The lowest BCUT2D eigenvalue weighted by atomic mass is 10.0. The minimum atomic E-state index is 0.146. The van der Waals surface area contributed by atoms with Gasteiger partial charge in [0, 0.05) is 68.8 Å². The van der Waals surface area contributed by atoms with Crippen molar-refractivity contribution >= 4 is 16.8 Å². The van der Waals surface area contributed by atoms with Crippen LogP contribution in [0.3, 0.4) is 0 Å². The summed E-state index contributed by atoms with van der Waals surface area (Å²) in [5, 5.41) is 5.94. The summed E-state index contributed by atoms with van der Waals surface area (Å²) in [4.78, 5) is 17.7. The van der Waals surface area contributed by atoms with Crippen molar-refractivity contribution in [2.75, 3.05) is 26.8 Å². The lowest BCUT2D eigenvalue weighted by Crippen LogP contribution is -2.50. The molecule has 1 saturated heterocycles. The van der Waals surface area contributed by atoms with E-state index in [1.807, 2.05) is 9.58 Å². The summed E-state index contributed by atoms with van der Waals surface area (Å²) in [6.45, 7) is 10.0. The molecule has 0 unspecified atom stereocenters. The van der Waals surface area contributed by atoms with Gasteiger partial charge in [0.25, 0.3) is 0 Å². The zero-order valence-electron chi connectivity index (χ0n) is 17.6. The summed E-state index contributed by atoms with van der Waals surface area (Å²) < 4.78 is 9.42. The van der Waals surface area contributed by atoms with E-state index < -0.39 is 0 Å². The molecule has 1 aliphatic heterocycles. The number of likely N-dealkylation sites (tertiary alicyclic amines) is 1. The van der Waals surface area contributed by atoms with E-state index in [0.29, 0.717) is 18.4 Å². The van der Waals surface area contributed by atoms with Crippen molar-refractivity contribution in [3.8, 4) is 11.4 Å². The van der Waals surface area contributed by atoms with Crippen molar-refractivity contribution < 1.29 is 9.53 Å². The van der Waals surface area contributed by atoms with E-state index in [4.69, 9.17) is 4.74 Å². The monoisotopic (exact) mass is 395 g/mol. The third kappa shape index (κ3) is 3.92. The number of nitrogens with zero attached hydrogens (tertiary/aromatic N) is 5. The molecule has 0 saturated carbocycles. The van der Waals surface area contributed by atoms with Crippen LogP contribution in [0.1, 0.15) is 32.3 Å². The normalized spacial score (nSPS) is 14.7. The predicted octanol–water partition coefficient (Wildman–Crippen LogP) is 3.15. The summed E-state index contributed by atoms with van der Waals surface area (Å²) in [6.07, 6.45) is 4.03. The molecule has 154 valence electrons. The number of carbonyl (C=O) groups excluding carboxylic acids is 1. The van der Waals surface area contributed by atoms with Gasteiger partial charge in [-0.2, -0.15) is 5.10 Å². The number of methoxy groups -OCH3 is 1. The molecule has 1 fully saturated rings. The molecule has 7 nitrogen and oxygen atoms in total. The van der Waals surface area contributed by atoms with Crippen molar-refractivity contribution in [2.45, 2.75) is 39.8 Å². The van der Waals surface area contributed by atoms with E-state index in [-0.39, 0.29) is 5.91 Å². The molecule has 0 bridgehead atoms. The molecule has 0 atom stereocenters. The lowest BCUT2D eigenvalue weighted by molar-refractivity contribution is -0.135. The maximum Gasteiger partial charge on any atom is 0.219 e. The van der Waals surface area contributed by atoms with Gasteiger partial charge in [0.15, 0.2) is 5.82 Å². The van der Waals surface area contributed by atoms with E-state index in [1.54, 1.807) is 20.4 Å². The molecule has 0 N–H and O–H groups in total. The first kappa shape index (κ1) is 19.6. The Labute approximate surface area is 171 Å². The fourth-order valence-corrected chi connectivity index (χ4v) is 4.02. The quantitative estimate of drug-likeness (QED) is 0.616. The maximum atomic E-state index is 11.3. The van der Waals surface area contributed by atoms with Crippen LogP contribution in [0.25, 0.3) is 22.3 Å². The highest BCUT2D eigenvalue weighted by atomic mass is 16.5. The van der Waals surface area contributed by atoms with Crippen LogP contribution in [0.15, 0.2) is 30.7 Å². The van der Waals surface area contributed by atoms with Crippen LogP contribution in [0.5, 0.6) is 0 Å². The molecule has 1 aliphatic rings. The van der Waals surface area contributed by atoms with Crippen molar-refractivity contribution in [3.63, 3.8) is 0 Å². The zero-order chi connectivity index (χ0) is 20.5. The molecular formula is C22H29N5O2. The molecule has 7 heteroatoms. The number of carbonyl (C=O) groups is 1. The Balaban J connectivity index is 1.56. The first-order valence-electron chi connectivity index (χ1n) is 10.2. The number of aromatic nitrogens is 4. The van der Waals surface area contributed by atoms with Crippen LogP contribution in [0.4, 0.5) is 0 Å². The van der Waals surface area contributed by atoms with Crippen molar-refractivity contribution in [1.82, 2.24) is 24.2 Å². The van der Waals surface area contributed by atoms with Crippen LogP contribution in [-0.2, 0) is 22.6 Å². The van der Waals surface area contributed by atoms with Crippen LogP contribution in [-0.4, -0.2) is 56.9 Å². The third-order valence-corrected chi connectivity index (χ3v) is 5.71. The number of ether oxygens (including phenoxy) is 1. The first-order chi connectivity index (χ1) is 14.0. The SMILES string of the molecule is COCCn1cc(C(C)C)c2cc(-c3ncn(CC4CN(C(C)=O)C4)n3)ccc21. The summed E-state index contributed by atoms with van der Waals surface area (Å²) >= 11 is 0. The highest BCUT2D eigenvalue weighted by Gasteiger charge is 2.29. The van der Waals surface area contributed by atoms with Crippen molar-refractivity contribution in [2.24, 2.45) is 5.92 Å². The second-order valence-electron chi connectivity index (χ2n) is 8.24. The Morgan fingerprint density at radius 3 is 2.79 bits per heavy atom. The Morgan fingerprint density at radius 2 is 2.10 bits per heavy atom. The second-order valence-corrected chi connectivity index (χ2v) is 8.24. The molecule has 29 heavy (non-hydrogen) atoms. The summed E-state index contributed by atoms with van der Waals surface area (Å²) in [5.74, 6) is 1.78. The van der Waals surface area contributed by atoms with Gasteiger partial charge in [-0.15, -0.1) is 0 Å². The zero-order valence-corrected chi connectivity index (χ0v) is 17.6. The number of fused-ring (bicyclic) bond motifs is 1. The van der Waals surface area contributed by atoms with E-state index in [0.717, 1.165) is 37.6 Å². The molecule has 3 aromatic rings. The third-order valence-electron chi connectivity index (χ3n) is 5.71. The Kier molecular flexibility index (Phi) is 5.41. The van der Waals surface area contributed by atoms with Crippen LogP contribution in [0.2, 0.25) is 0 Å². The average molecular weight is 396 g/mol. The van der Waals surface area contributed by atoms with E-state index >= 15 is 0 Å². The molecule has 0 aliphatic carbocycles. The molecule has 0 spiro atoms. The molecule has 1 amide bonds. The van der Waals surface area contributed by atoms with Crippen LogP contribution in [0, 0.1) is 5.92 Å². The minimum Gasteiger partial charge on any atom is -0.383 e. The van der Waals surface area contributed by atoms with Gasteiger partial charge >= 0.3 is 0 Å². The Hall–Kier alpha value is -2.67. The van der Waals surface area contributed by atoms with Gasteiger partial charge < -0.3 is 14.2 Å². The van der Waals surface area contributed by atoms with E-state index in [2.05, 4.69) is 52.9 Å². The predicted molar refractivity (Wildman–Crippen MR) is 113 cm³/mol. The van der Waals surface area contributed by atoms with E-state index in [9.17, 15) is 4.79 Å². The fourth-order valence-electron chi connectivity index (χ4n) is 4.02. The van der Waals surface area contributed by atoms with Crippen LogP contribution < -0.4 is 0 Å². The lowest BCUT2D eigenvalue weighted by Gasteiger charge is -2.38. The minimum absolute atomic E-state index is 0.146. The Morgan fingerprint density at radius 1 is 1.31 bits per heavy atom. The van der Waals surface area contributed by atoms with Gasteiger partial charge in [-0.1, -0.05) is 13.8 Å². The van der Waals surface area contributed by atoms with Gasteiger partial charge in [-0.05, 0) is 29.7 Å². The first-order valence-corrected chi connectivity index (χ1v) is 10.2. The van der Waals surface area contributed by atoms with Gasteiger partial charge in [0.2, 0.25) is 5.91 Å². The summed E-state index contributed by atoms with van der Waals surface area (Å²) in [7, 11) is 1.73. The highest BCUT2D eigenvalue weighted by Crippen LogP contribution is 2.31. The molecule has 4 rings (SSSR count). The smallest absolute Gasteiger partial charge is 0.219 e. The summed E-state index contributed by atoms with van der Waals surface area (Å²) in [6, 6.07) is 6.45. The Bertz CT molecular complexity index is 1010. The van der Waals surface area contributed by atoms with Gasteiger partial charge in [0.05, 0.1) is 6.61 Å². The topological polar surface area (TPSA) is 65.2 Å². The fraction of sp³-hybridized carbons (Fsp3) is 0.500. The largest absolute Gasteiger partial charge is 0.383 e. The van der Waals surface area contributed by atoms with Crippen molar-refractivity contribution in [3.05, 3.63) is 36.3 Å². The molecule has 2 aromatic heterocycles. The number of rotatable bonds is 7. The number of hydrogen-bond acceptors (Lipinski definition) is 4. The molecule has 1 aromatic carbocycles. The molecule has 3 heterocycles. The standard InChI is InChI=1S/C22H29N5O2/c1-15(2)20-13-25(7-8-29-4)21-6-5-18(9-19(20)21)22-23-14-27(24-22)12-17-10-26(11-17)16(3)28/h5-6,9,13-15,17H,7-8,10-12H2,1-4H3. The van der Waals surface area contributed by atoms with E-state index in [1.165, 1.54) is 16.5 Å². The van der Waals surface area contributed by atoms with Gasteiger partial charge in [-0.25, -0.2) is 4.98 Å². The number of amides is 1. The van der Waals surface area contributed by atoms with Gasteiger partial charge in [0.1, 0.15) is 6.33 Å². The van der Waals surface area contributed by atoms with Gasteiger partial charge in [-0.3, -0.25) is 9.48 Å². The maximum absolute atomic E-state index is 11.3. The molecular weight excluding hydrogens is 366 g/mol. The number of benzene rings is 1. The molecule has 0 radical (unpaired) electrons. The average Bonchev–Trinajstić information content (AvgIpc) is 3.26. The van der Waals surface area contributed by atoms with Crippen molar-refractivity contribution in [1.29, 1.82) is 0 Å². The highest BCUT2D eigenvalue weighted by molar-refractivity contribution is 5.88.